The Morgan fingerprint density at radius 1 is 1.14 bits per heavy atom. The van der Waals surface area contributed by atoms with Crippen molar-refractivity contribution in [1.29, 1.82) is 0 Å². The molecule has 0 fully saturated rings. The van der Waals surface area contributed by atoms with Gasteiger partial charge < -0.3 is 15.4 Å². The average Bonchev–Trinajstić information content (AvgIpc) is 3.36. The lowest BCUT2D eigenvalue weighted by Crippen LogP contribution is -2.14. The van der Waals surface area contributed by atoms with Gasteiger partial charge in [-0.15, -0.1) is 0 Å². The van der Waals surface area contributed by atoms with Gasteiger partial charge in [0.25, 0.3) is 5.91 Å². The van der Waals surface area contributed by atoms with Crippen molar-refractivity contribution in [3.63, 3.8) is 0 Å². The molecule has 0 aliphatic heterocycles. The Hall–Kier alpha value is -3.91. The molecular formula is C26H27ClN6O2. The number of nitrogens with one attached hydrogen (secondary N) is 2. The Kier molecular flexibility index (Phi) is 7.31. The summed E-state index contributed by atoms with van der Waals surface area (Å²) in [6, 6.07) is 14.8. The number of nitrogens with zero attached hydrogens (tertiary/aromatic N) is 4. The maximum absolute atomic E-state index is 13.0. The molecule has 2 heterocycles. The van der Waals surface area contributed by atoms with Crippen LogP contribution in [0.15, 0.2) is 60.9 Å². The molecule has 35 heavy (non-hydrogen) atoms. The topological polar surface area (TPSA) is 94.0 Å². The van der Waals surface area contributed by atoms with Gasteiger partial charge in [0, 0.05) is 6.20 Å². The van der Waals surface area contributed by atoms with E-state index in [9.17, 15) is 4.79 Å². The number of methoxy groups -OCH3 is 1. The van der Waals surface area contributed by atoms with Crippen LogP contribution in [-0.4, -0.2) is 32.8 Å². The number of aromatic nitrogens is 4. The summed E-state index contributed by atoms with van der Waals surface area (Å²) >= 11 is 6.38. The predicted molar refractivity (Wildman–Crippen MR) is 138 cm³/mol. The third-order valence-electron chi connectivity index (χ3n) is 5.48. The van der Waals surface area contributed by atoms with Crippen LogP contribution in [-0.2, 0) is 6.42 Å². The first-order chi connectivity index (χ1) is 16.9. The summed E-state index contributed by atoms with van der Waals surface area (Å²) < 4.78 is 6.97. The van der Waals surface area contributed by atoms with Gasteiger partial charge in [-0.05, 0) is 48.2 Å². The second-order valence-corrected chi connectivity index (χ2v) is 8.63. The fourth-order valence-corrected chi connectivity index (χ4v) is 3.69. The van der Waals surface area contributed by atoms with E-state index in [4.69, 9.17) is 16.3 Å². The van der Waals surface area contributed by atoms with E-state index in [2.05, 4.69) is 46.5 Å². The first-order valence-corrected chi connectivity index (χ1v) is 11.7. The number of anilines is 3. The van der Waals surface area contributed by atoms with Gasteiger partial charge in [-0.25, -0.2) is 9.67 Å². The molecule has 1 amide bonds. The van der Waals surface area contributed by atoms with Gasteiger partial charge in [-0.2, -0.15) is 10.1 Å². The standard InChI is InChI=1S/C26H27ClN6O2/c1-5-17-10-11-21(29-25(34)18-8-6-7-9-23(18)35-4)22(14-17)30-26-28-15-19(27)24(31-26)33-13-12-20(32-33)16(2)3/h6-16H,5H2,1-4H3,(H,29,34)(H,28,30,31). The third kappa shape index (κ3) is 5.44. The molecule has 8 nitrogen and oxygen atoms in total. The molecule has 0 saturated carbocycles. The normalized spacial score (nSPS) is 10.9. The number of rotatable bonds is 8. The highest BCUT2D eigenvalue weighted by Crippen LogP contribution is 2.29. The number of carbonyl (C=O) groups excluding carboxylic acids is 1. The van der Waals surface area contributed by atoms with Crippen LogP contribution in [0.3, 0.4) is 0 Å². The van der Waals surface area contributed by atoms with Gasteiger partial charge in [0.05, 0.1) is 35.9 Å². The van der Waals surface area contributed by atoms with Crippen molar-refractivity contribution in [1.82, 2.24) is 19.7 Å². The molecule has 0 atom stereocenters. The number of hydrogen-bond acceptors (Lipinski definition) is 6. The molecule has 4 rings (SSSR count). The Morgan fingerprint density at radius 3 is 2.66 bits per heavy atom. The lowest BCUT2D eigenvalue weighted by molar-refractivity contribution is 0.102. The summed E-state index contributed by atoms with van der Waals surface area (Å²) in [7, 11) is 1.54. The summed E-state index contributed by atoms with van der Waals surface area (Å²) in [5.74, 6) is 1.27. The SMILES string of the molecule is CCc1ccc(NC(=O)c2ccccc2OC)c(Nc2ncc(Cl)c(-n3ccc(C(C)C)n3)n2)c1. The molecular weight excluding hydrogens is 464 g/mol. The number of aryl methyl sites for hydroxylation is 1. The van der Waals surface area contributed by atoms with Crippen LogP contribution in [0.4, 0.5) is 17.3 Å². The van der Waals surface area contributed by atoms with E-state index in [-0.39, 0.29) is 11.8 Å². The molecule has 2 aromatic heterocycles. The zero-order chi connectivity index (χ0) is 24.9. The highest BCUT2D eigenvalue weighted by atomic mass is 35.5. The summed E-state index contributed by atoms with van der Waals surface area (Å²) in [6.07, 6.45) is 4.18. The number of benzene rings is 2. The Bertz CT molecular complexity index is 1350. The second-order valence-electron chi connectivity index (χ2n) is 8.22. The molecule has 9 heteroatoms. The largest absolute Gasteiger partial charge is 0.496 e. The van der Waals surface area contributed by atoms with Crippen LogP contribution >= 0.6 is 11.6 Å². The third-order valence-corrected chi connectivity index (χ3v) is 5.75. The minimum atomic E-state index is -0.287. The van der Waals surface area contributed by atoms with E-state index >= 15 is 0 Å². The summed E-state index contributed by atoms with van der Waals surface area (Å²) in [6.45, 7) is 6.21. The summed E-state index contributed by atoms with van der Waals surface area (Å²) in [5.41, 5.74) is 3.70. The van der Waals surface area contributed by atoms with Gasteiger partial charge in [0.15, 0.2) is 5.82 Å². The summed E-state index contributed by atoms with van der Waals surface area (Å²) in [4.78, 5) is 21.9. The second kappa shape index (κ2) is 10.6. The van der Waals surface area contributed by atoms with Crippen molar-refractivity contribution in [2.75, 3.05) is 17.7 Å². The van der Waals surface area contributed by atoms with Gasteiger partial charge >= 0.3 is 0 Å². The van der Waals surface area contributed by atoms with Gasteiger partial charge in [0.1, 0.15) is 10.8 Å². The van der Waals surface area contributed by atoms with Gasteiger partial charge in [-0.1, -0.05) is 50.6 Å². The molecule has 180 valence electrons. The van der Waals surface area contributed by atoms with E-state index in [1.807, 2.05) is 36.5 Å². The number of amides is 1. The molecule has 0 aliphatic rings. The minimum absolute atomic E-state index is 0.278. The lowest BCUT2D eigenvalue weighted by Gasteiger charge is -2.15. The van der Waals surface area contributed by atoms with E-state index in [0.29, 0.717) is 39.5 Å². The smallest absolute Gasteiger partial charge is 0.259 e. The molecule has 0 aliphatic carbocycles. The first kappa shape index (κ1) is 24.2. The number of carbonyl (C=O) groups is 1. The first-order valence-electron chi connectivity index (χ1n) is 11.3. The molecule has 0 bridgehead atoms. The van der Waals surface area contributed by atoms with Crippen LogP contribution in [0, 0.1) is 0 Å². The van der Waals surface area contributed by atoms with E-state index in [1.54, 1.807) is 22.9 Å². The number of hydrogen-bond donors (Lipinski definition) is 2. The maximum atomic E-state index is 13.0. The average molecular weight is 491 g/mol. The highest BCUT2D eigenvalue weighted by molar-refractivity contribution is 6.32. The molecule has 2 N–H and O–H groups in total. The molecule has 0 spiro atoms. The quantitative estimate of drug-likeness (QED) is 0.314. The van der Waals surface area contributed by atoms with Crippen LogP contribution in [0.2, 0.25) is 5.02 Å². The van der Waals surface area contributed by atoms with Gasteiger partial charge in [0.2, 0.25) is 5.95 Å². The van der Waals surface area contributed by atoms with Crippen molar-refractivity contribution in [2.45, 2.75) is 33.1 Å². The number of halogens is 1. The Morgan fingerprint density at radius 2 is 1.94 bits per heavy atom. The fraction of sp³-hybridized carbons (Fsp3) is 0.231. The Balaban J connectivity index is 1.65. The van der Waals surface area contributed by atoms with Crippen molar-refractivity contribution in [3.8, 4) is 11.6 Å². The van der Waals surface area contributed by atoms with Crippen molar-refractivity contribution >= 4 is 34.8 Å². The monoisotopic (exact) mass is 490 g/mol. The zero-order valence-electron chi connectivity index (χ0n) is 20.0. The molecule has 2 aromatic carbocycles. The molecule has 0 saturated heterocycles. The fourth-order valence-electron chi connectivity index (χ4n) is 3.51. The summed E-state index contributed by atoms with van der Waals surface area (Å²) in [5, 5.41) is 11.1. The molecule has 0 unspecified atom stereocenters. The van der Waals surface area contributed by atoms with Gasteiger partial charge in [-0.3, -0.25) is 4.79 Å². The molecule has 4 aromatic rings. The maximum Gasteiger partial charge on any atom is 0.259 e. The van der Waals surface area contributed by atoms with Crippen molar-refractivity contribution in [2.24, 2.45) is 0 Å². The van der Waals surface area contributed by atoms with Crippen molar-refractivity contribution in [3.05, 3.63) is 82.8 Å². The van der Waals surface area contributed by atoms with Crippen LogP contribution in [0.5, 0.6) is 5.75 Å². The zero-order valence-corrected chi connectivity index (χ0v) is 20.8. The van der Waals surface area contributed by atoms with E-state index in [0.717, 1.165) is 17.7 Å². The number of para-hydroxylation sites is 1. The van der Waals surface area contributed by atoms with Crippen molar-refractivity contribution < 1.29 is 9.53 Å². The lowest BCUT2D eigenvalue weighted by atomic mass is 10.1. The van der Waals surface area contributed by atoms with Crippen LogP contribution < -0.4 is 15.4 Å². The van der Waals surface area contributed by atoms with E-state index in [1.165, 1.54) is 13.3 Å². The van der Waals surface area contributed by atoms with Crippen LogP contribution in [0.25, 0.3) is 5.82 Å². The Labute approximate surface area is 209 Å². The predicted octanol–water partition coefficient (Wildman–Crippen LogP) is 6.01. The van der Waals surface area contributed by atoms with E-state index < -0.39 is 0 Å². The minimum Gasteiger partial charge on any atom is -0.496 e. The number of ether oxygens (including phenoxy) is 1. The van der Waals surface area contributed by atoms with Crippen LogP contribution in [0.1, 0.15) is 48.3 Å². The highest BCUT2D eigenvalue weighted by Gasteiger charge is 2.16. The molecule has 0 radical (unpaired) electrons.